The highest BCUT2D eigenvalue weighted by atomic mass is 35.5. The molecule has 4 nitrogen and oxygen atoms in total. The lowest BCUT2D eigenvalue weighted by Gasteiger charge is -2.33. The van der Waals surface area contributed by atoms with Crippen LogP contribution in [0.15, 0.2) is 0 Å². The predicted octanol–water partition coefficient (Wildman–Crippen LogP) is 0.268. The molecule has 6 heteroatoms. The number of carbonyl (C=O) groups is 2. The zero-order chi connectivity index (χ0) is 10.1. The Bertz CT molecular complexity index is 225. The van der Waals surface area contributed by atoms with Crippen LogP contribution in [-0.4, -0.2) is 34.1 Å². The van der Waals surface area contributed by atoms with Crippen LogP contribution >= 0.6 is 23.2 Å². The maximum Gasteiger partial charge on any atom is 0.231 e. The molecule has 1 aliphatic heterocycles. The van der Waals surface area contributed by atoms with Crippen LogP contribution in [0.25, 0.3) is 0 Å². The standard InChI is InChI=1S/C7H10Cl2N2O2/c8-3-7(10,4-9)11-5(12)1-2-6(11)13/h1-4,10H2. The average molecular weight is 225 g/mol. The first-order valence-electron chi connectivity index (χ1n) is 3.82. The van der Waals surface area contributed by atoms with Gasteiger partial charge in [-0.3, -0.25) is 14.5 Å². The zero-order valence-electron chi connectivity index (χ0n) is 6.93. The van der Waals surface area contributed by atoms with E-state index in [1.807, 2.05) is 0 Å². The normalized spacial score (nSPS) is 18.5. The molecule has 0 radical (unpaired) electrons. The SMILES string of the molecule is NC(CCl)(CCl)N1C(=O)CCC1=O. The van der Waals surface area contributed by atoms with Crippen molar-refractivity contribution >= 4 is 35.0 Å². The average Bonchev–Trinajstić information content (AvgIpc) is 2.46. The van der Waals surface area contributed by atoms with Crippen LogP contribution < -0.4 is 5.73 Å². The largest absolute Gasteiger partial charge is 0.306 e. The second-order valence-corrected chi connectivity index (χ2v) is 3.53. The van der Waals surface area contributed by atoms with E-state index in [2.05, 4.69) is 0 Å². The molecule has 1 saturated heterocycles. The number of imide groups is 1. The molecule has 0 aromatic heterocycles. The van der Waals surface area contributed by atoms with Gasteiger partial charge in [0.1, 0.15) is 5.66 Å². The van der Waals surface area contributed by atoms with Crippen molar-refractivity contribution < 1.29 is 9.59 Å². The van der Waals surface area contributed by atoms with Gasteiger partial charge in [-0.05, 0) is 0 Å². The number of alkyl halides is 2. The Morgan fingerprint density at radius 2 is 1.62 bits per heavy atom. The van der Waals surface area contributed by atoms with Crippen molar-refractivity contribution in [3.05, 3.63) is 0 Å². The summed E-state index contributed by atoms with van der Waals surface area (Å²) in [6, 6.07) is 0. The number of nitrogens with zero attached hydrogens (tertiary/aromatic N) is 1. The van der Waals surface area contributed by atoms with Crippen molar-refractivity contribution in [3.8, 4) is 0 Å². The van der Waals surface area contributed by atoms with Crippen LogP contribution in [0, 0.1) is 0 Å². The number of carbonyl (C=O) groups excluding carboxylic acids is 2. The van der Waals surface area contributed by atoms with E-state index < -0.39 is 5.66 Å². The van der Waals surface area contributed by atoms with Gasteiger partial charge in [0.05, 0.1) is 11.8 Å². The summed E-state index contributed by atoms with van der Waals surface area (Å²) in [6.07, 6.45) is 0.400. The van der Waals surface area contributed by atoms with Crippen molar-refractivity contribution in [1.29, 1.82) is 0 Å². The Balaban J connectivity index is 2.90. The van der Waals surface area contributed by atoms with E-state index in [9.17, 15) is 9.59 Å². The minimum Gasteiger partial charge on any atom is -0.306 e. The van der Waals surface area contributed by atoms with E-state index in [0.717, 1.165) is 4.90 Å². The molecular formula is C7H10Cl2N2O2. The molecule has 2 amide bonds. The summed E-state index contributed by atoms with van der Waals surface area (Å²) < 4.78 is 0. The summed E-state index contributed by atoms with van der Waals surface area (Å²) in [5, 5.41) is 0. The summed E-state index contributed by atoms with van der Waals surface area (Å²) in [6.45, 7) is 0. The molecule has 74 valence electrons. The Kier molecular flexibility index (Phi) is 3.16. The fourth-order valence-electron chi connectivity index (χ4n) is 1.23. The molecule has 2 N–H and O–H groups in total. The van der Waals surface area contributed by atoms with Crippen molar-refractivity contribution in [2.45, 2.75) is 18.5 Å². The molecule has 0 aromatic carbocycles. The highest BCUT2D eigenvalue weighted by molar-refractivity contribution is 6.22. The Labute approximate surface area is 86.0 Å². The first-order valence-corrected chi connectivity index (χ1v) is 4.89. The molecule has 0 spiro atoms. The van der Waals surface area contributed by atoms with Crippen LogP contribution in [0.4, 0.5) is 0 Å². The number of rotatable bonds is 3. The smallest absolute Gasteiger partial charge is 0.231 e. The van der Waals surface area contributed by atoms with Crippen LogP contribution in [0.5, 0.6) is 0 Å². The predicted molar refractivity (Wildman–Crippen MR) is 49.4 cm³/mol. The molecule has 0 atom stereocenters. The minimum atomic E-state index is -1.23. The minimum absolute atomic E-state index is 0.0476. The van der Waals surface area contributed by atoms with Gasteiger partial charge in [-0.2, -0.15) is 0 Å². The highest BCUT2D eigenvalue weighted by Gasteiger charge is 2.42. The van der Waals surface area contributed by atoms with Crippen LogP contribution in [0.2, 0.25) is 0 Å². The fourth-order valence-corrected chi connectivity index (χ4v) is 1.75. The molecule has 13 heavy (non-hydrogen) atoms. The summed E-state index contributed by atoms with van der Waals surface area (Å²) in [4.78, 5) is 23.5. The lowest BCUT2D eigenvalue weighted by atomic mass is 10.2. The molecule has 0 unspecified atom stereocenters. The van der Waals surface area contributed by atoms with E-state index in [1.54, 1.807) is 0 Å². The van der Waals surface area contributed by atoms with Crippen LogP contribution in [-0.2, 0) is 9.59 Å². The molecule has 0 aliphatic carbocycles. The zero-order valence-corrected chi connectivity index (χ0v) is 8.44. The van der Waals surface area contributed by atoms with Crippen molar-refractivity contribution in [3.63, 3.8) is 0 Å². The van der Waals surface area contributed by atoms with Crippen LogP contribution in [0.1, 0.15) is 12.8 Å². The van der Waals surface area contributed by atoms with E-state index in [4.69, 9.17) is 28.9 Å². The number of amides is 2. The molecule has 1 rings (SSSR count). The lowest BCUT2D eigenvalue weighted by Crippen LogP contribution is -2.61. The van der Waals surface area contributed by atoms with Crippen molar-refractivity contribution in [2.24, 2.45) is 5.73 Å². The maximum atomic E-state index is 11.3. The van der Waals surface area contributed by atoms with E-state index in [0.29, 0.717) is 0 Å². The Morgan fingerprint density at radius 3 is 1.92 bits per heavy atom. The second-order valence-electron chi connectivity index (χ2n) is 2.99. The van der Waals surface area contributed by atoms with Gasteiger partial charge in [0.15, 0.2) is 0 Å². The Hall–Kier alpha value is -0.320. The maximum absolute atomic E-state index is 11.3. The second kappa shape index (κ2) is 3.82. The summed E-state index contributed by atoms with van der Waals surface area (Å²) >= 11 is 11.1. The fraction of sp³-hybridized carbons (Fsp3) is 0.714. The summed E-state index contributed by atoms with van der Waals surface area (Å²) in [7, 11) is 0. The number of hydrogen-bond donors (Lipinski definition) is 1. The van der Waals surface area contributed by atoms with Gasteiger partial charge < -0.3 is 5.73 Å². The Morgan fingerprint density at radius 1 is 1.23 bits per heavy atom. The first-order chi connectivity index (χ1) is 6.05. The van der Waals surface area contributed by atoms with E-state index in [-0.39, 0.29) is 36.4 Å². The monoisotopic (exact) mass is 224 g/mol. The number of nitrogens with two attached hydrogens (primary N) is 1. The molecule has 0 bridgehead atoms. The molecular weight excluding hydrogens is 215 g/mol. The molecule has 0 aromatic rings. The molecule has 1 heterocycles. The third-order valence-electron chi connectivity index (χ3n) is 1.96. The topological polar surface area (TPSA) is 63.4 Å². The first kappa shape index (κ1) is 10.8. The highest BCUT2D eigenvalue weighted by Crippen LogP contribution is 2.22. The van der Waals surface area contributed by atoms with Gasteiger partial charge >= 0.3 is 0 Å². The van der Waals surface area contributed by atoms with Gasteiger partial charge in [-0.15, -0.1) is 23.2 Å². The summed E-state index contributed by atoms with van der Waals surface area (Å²) in [5.41, 5.74) is 4.47. The summed E-state index contributed by atoms with van der Waals surface area (Å²) in [5.74, 6) is -0.690. The van der Waals surface area contributed by atoms with Gasteiger partial charge in [0.25, 0.3) is 0 Å². The van der Waals surface area contributed by atoms with Gasteiger partial charge in [-0.25, -0.2) is 0 Å². The number of likely N-dealkylation sites (tertiary alicyclic amines) is 1. The van der Waals surface area contributed by atoms with Crippen LogP contribution in [0.3, 0.4) is 0 Å². The molecule has 0 saturated carbocycles. The number of halogens is 2. The van der Waals surface area contributed by atoms with Crippen molar-refractivity contribution in [1.82, 2.24) is 4.90 Å². The van der Waals surface area contributed by atoms with Gasteiger partial charge in [0.2, 0.25) is 11.8 Å². The molecule has 1 fully saturated rings. The molecule has 1 aliphatic rings. The van der Waals surface area contributed by atoms with Crippen molar-refractivity contribution in [2.75, 3.05) is 11.8 Å². The van der Waals surface area contributed by atoms with Gasteiger partial charge in [-0.1, -0.05) is 0 Å². The van der Waals surface area contributed by atoms with E-state index >= 15 is 0 Å². The third-order valence-corrected chi connectivity index (χ3v) is 2.89. The quantitative estimate of drug-likeness (QED) is 0.553. The number of hydrogen-bond acceptors (Lipinski definition) is 3. The lowest BCUT2D eigenvalue weighted by molar-refractivity contribution is -0.143. The van der Waals surface area contributed by atoms with E-state index in [1.165, 1.54) is 0 Å². The van der Waals surface area contributed by atoms with Gasteiger partial charge in [0, 0.05) is 12.8 Å². The third kappa shape index (κ3) is 1.80.